The maximum Gasteiger partial charge on any atom is 0.159 e. The van der Waals surface area contributed by atoms with Crippen LogP contribution in [0.3, 0.4) is 0 Å². The predicted molar refractivity (Wildman–Crippen MR) is 96.7 cm³/mol. The first kappa shape index (κ1) is 17.6. The molecule has 2 saturated carbocycles. The maximum absolute atomic E-state index is 13.8. The summed E-state index contributed by atoms with van der Waals surface area (Å²) in [4.78, 5) is 0. The van der Waals surface area contributed by atoms with E-state index in [9.17, 15) is 8.78 Å². The molecule has 2 fully saturated rings. The minimum absolute atomic E-state index is 0.657. The van der Waals surface area contributed by atoms with Gasteiger partial charge < -0.3 is 0 Å². The second kappa shape index (κ2) is 8.27. The second-order valence-electron chi connectivity index (χ2n) is 7.59. The van der Waals surface area contributed by atoms with E-state index in [1.165, 1.54) is 81.9 Å². The summed E-state index contributed by atoms with van der Waals surface area (Å²) in [7, 11) is 0. The first-order chi connectivity index (χ1) is 11.7. The largest absolute Gasteiger partial charge is 0.204 e. The summed E-state index contributed by atoms with van der Waals surface area (Å²) in [6.07, 6.45) is 14.0. The van der Waals surface area contributed by atoms with Crippen molar-refractivity contribution in [1.82, 2.24) is 0 Å². The molecule has 2 aliphatic carbocycles. The van der Waals surface area contributed by atoms with E-state index in [-0.39, 0.29) is 0 Å². The van der Waals surface area contributed by atoms with E-state index in [0.717, 1.165) is 12.0 Å². The fourth-order valence-corrected chi connectivity index (χ4v) is 4.91. The van der Waals surface area contributed by atoms with Gasteiger partial charge in [-0.3, -0.25) is 0 Å². The van der Waals surface area contributed by atoms with Crippen LogP contribution in [0.15, 0.2) is 23.8 Å². The minimum Gasteiger partial charge on any atom is -0.204 e. The summed E-state index contributed by atoms with van der Waals surface area (Å²) in [5.74, 6) is -0.147. The molecule has 1 aromatic carbocycles. The highest BCUT2D eigenvalue weighted by Crippen LogP contribution is 2.44. The van der Waals surface area contributed by atoms with Crippen molar-refractivity contribution in [2.75, 3.05) is 0 Å². The van der Waals surface area contributed by atoms with Gasteiger partial charge in [-0.25, -0.2) is 8.78 Å². The van der Waals surface area contributed by atoms with Crippen molar-refractivity contribution in [2.24, 2.45) is 11.8 Å². The molecular formula is C22H30F2. The molecule has 0 spiro atoms. The van der Waals surface area contributed by atoms with Crippen LogP contribution < -0.4 is 0 Å². The van der Waals surface area contributed by atoms with Crippen LogP contribution in [0.25, 0.3) is 5.57 Å². The Morgan fingerprint density at radius 3 is 1.83 bits per heavy atom. The van der Waals surface area contributed by atoms with Crippen LogP contribution in [0, 0.1) is 23.5 Å². The molecule has 0 saturated heterocycles. The van der Waals surface area contributed by atoms with Crippen molar-refractivity contribution in [3.63, 3.8) is 0 Å². The van der Waals surface area contributed by atoms with Gasteiger partial charge >= 0.3 is 0 Å². The quantitative estimate of drug-likeness (QED) is 0.543. The molecule has 132 valence electrons. The summed E-state index contributed by atoms with van der Waals surface area (Å²) >= 11 is 0. The maximum atomic E-state index is 13.8. The first-order valence-corrected chi connectivity index (χ1v) is 9.89. The number of hydrogen-bond acceptors (Lipinski definition) is 0. The Kier molecular flexibility index (Phi) is 6.08. The zero-order valence-electron chi connectivity index (χ0n) is 14.9. The van der Waals surface area contributed by atoms with E-state index in [1.807, 2.05) is 0 Å². The third kappa shape index (κ3) is 3.90. The number of allylic oxidation sites excluding steroid dienone is 2. The van der Waals surface area contributed by atoms with Gasteiger partial charge in [0.1, 0.15) is 0 Å². The van der Waals surface area contributed by atoms with E-state index in [0.29, 0.717) is 11.8 Å². The minimum atomic E-state index is -0.744. The lowest BCUT2D eigenvalue weighted by atomic mass is 9.70. The fourth-order valence-electron chi connectivity index (χ4n) is 4.91. The first-order valence-electron chi connectivity index (χ1n) is 9.89. The molecule has 24 heavy (non-hydrogen) atoms. The van der Waals surface area contributed by atoms with Crippen molar-refractivity contribution >= 4 is 5.57 Å². The van der Waals surface area contributed by atoms with Crippen LogP contribution in [0.1, 0.15) is 83.1 Å². The van der Waals surface area contributed by atoms with Gasteiger partial charge in [-0.2, -0.15) is 0 Å². The van der Waals surface area contributed by atoms with E-state index in [2.05, 4.69) is 6.92 Å². The summed E-state index contributed by atoms with van der Waals surface area (Å²) in [5.41, 5.74) is 3.80. The summed E-state index contributed by atoms with van der Waals surface area (Å²) < 4.78 is 27.2. The Balaban J connectivity index is 2.03. The highest BCUT2D eigenvalue weighted by atomic mass is 19.2. The molecule has 1 aromatic rings. The molecular weight excluding hydrogens is 302 g/mol. The van der Waals surface area contributed by atoms with E-state index in [4.69, 9.17) is 0 Å². The van der Waals surface area contributed by atoms with Gasteiger partial charge in [-0.1, -0.05) is 57.1 Å². The van der Waals surface area contributed by atoms with Crippen LogP contribution in [-0.4, -0.2) is 0 Å². The van der Waals surface area contributed by atoms with Crippen LogP contribution in [0.5, 0.6) is 0 Å². The lowest BCUT2D eigenvalue weighted by Gasteiger charge is -2.35. The van der Waals surface area contributed by atoms with Crippen LogP contribution in [-0.2, 0) is 0 Å². The zero-order valence-corrected chi connectivity index (χ0v) is 14.9. The standard InChI is InChI=1S/C22H30F2/c1-2-19(18-13-14-20(23)21(24)15-18)22(16-9-5-3-6-10-16)17-11-7-4-8-12-17/h13-17H,2-12H2,1H3. The van der Waals surface area contributed by atoms with Gasteiger partial charge in [-0.15, -0.1) is 0 Å². The average molecular weight is 332 g/mol. The lowest BCUT2D eigenvalue weighted by molar-refractivity contribution is 0.327. The zero-order chi connectivity index (χ0) is 16.9. The van der Waals surface area contributed by atoms with E-state index >= 15 is 0 Å². The van der Waals surface area contributed by atoms with Crippen LogP contribution >= 0.6 is 0 Å². The van der Waals surface area contributed by atoms with Gasteiger partial charge in [0.05, 0.1) is 0 Å². The lowest BCUT2D eigenvalue weighted by Crippen LogP contribution is -2.20. The monoisotopic (exact) mass is 332 g/mol. The Bertz CT molecular complexity index is 556. The third-order valence-electron chi connectivity index (χ3n) is 6.06. The van der Waals surface area contributed by atoms with Crippen LogP contribution in [0.4, 0.5) is 8.78 Å². The van der Waals surface area contributed by atoms with E-state index < -0.39 is 11.6 Å². The molecule has 0 aromatic heterocycles. The van der Waals surface area contributed by atoms with Crippen molar-refractivity contribution in [3.8, 4) is 0 Å². The molecule has 0 amide bonds. The van der Waals surface area contributed by atoms with Crippen LogP contribution in [0.2, 0.25) is 0 Å². The molecule has 0 N–H and O–H groups in total. The number of halogens is 2. The Morgan fingerprint density at radius 2 is 1.38 bits per heavy atom. The molecule has 0 radical (unpaired) electrons. The molecule has 3 rings (SSSR count). The normalized spacial score (nSPS) is 20.1. The van der Waals surface area contributed by atoms with Crippen molar-refractivity contribution < 1.29 is 8.78 Å². The Labute approximate surface area is 145 Å². The summed E-state index contributed by atoms with van der Waals surface area (Å²) in [5, 5.41) is 0. The Hall–Kier alpha value is -1.18. The molecule has 0 unspecified atom stereocenters. The second-order valence-corrected chi connectivity index (χ2v) is 7.59. The summed E-state index contributed by atoms with van der Waals surface area (Å²) in [6.45, 7) is 2.17. The molecule has 0 heterocycles. The smallest absolute Gasteiger partial charge is 0.159 e. The van der Waals surface area contributed by atoms with Gasteiger partial charge in [-0.05, 0) is 67.2 Å². The highest BCUT2D eigenvalue weighted by Gasteiger charge is 2.28. The average Bonchev–Trinajstić information content (AvgIpc) is 2.63. The van der Waals surface area contributed by atoms with Gasteiger partial charge in [0.15, 0.2) is 11.6 Å². The highest BCUT2D eigenvalue weighted by molar-refractivity contribution is 5.69. The van der Waals surface area contributed by atoms with Gasteiger partial charge in [0.25, 0.3) is 0 Å². The molecule has 0 aliphatic heterocycles. The third-order valence-corrected chi connectivity index (χ3v) is 6.06. The van der Waals surface area contributed by atoms with Gasteiger partial charge in [0.2, 0.25) is 0 Å². The number of benzene rings is 1. The molecule has 2 aliphatic rings. The topological polar surface area (TPSA) is 0 Å². The summed E-state index contributed by atoms with van der Waals surface area (Å²) in [6, 6.07) is 4.49. The van der Waals surface area contributed by atoms with E-state index in [1.54, 1.807) is 11.6 Å². The fraction of sp³-hybridized carbons (Fsp3) is 0.636. The van der Waals surface area contributed by atoms with Crippen molar-refractivity contribution in [2.45, 2.75) is 77.6 Å². The molecule has 0 nitrogen and oxygen atoms in total. The number of rotatable bonds is 4. The van der Waals surface area contributed by atoms with Crippen molar-refractivity contribution in [1.29, 1.82) is 0 Å². The van der Waals surface area contributed by atoms with Gasteiger partial charge in [0, 0.05) is 0 Å². The molecule has 0 bridgehead atoms. The SMILES string of the molecule is CCC(=C(C1CCCCC1)C1CCCCC1)c1ccc(F)c(F)c1. The molecule has 0 atom stereocenters. The van der Waals surface area contributed by atoms with Crippen molar-refractivity contribution in [3.05, 3.63) is 41.0 Å². The predicted octanol–water partition coefficient (Wildman–Crippen LogP) is 7.29. The Morgan fingerprint density at radius 1 is 0.833 bits per heavy atom. The molecule has 2 heteroatoms. The number of hydrogen-bond donors (Lipinski definition) is 0.